The van der Waals surface area contributed by atoms with Gasteiger partial charge in [-0.3, -0.25) is 4.79 Å². The maximum atomic E-state index is 12.1. The van der Waals surface area contributed by atoms with Crippen LogP contribution in [0.1, 0.15) is 15.9 Å². The number of benzene rings is 1. The molecule has 2 aromatic rings. The molecule has 1 aromatic heterocycles. The van der Waals surface area contributed by atoms with Crippen LogP contribution in [0, 0.1) is 0 Å². The molecule has 1 atom stereocenters. The summed E-state index contributed by atoms with van der Waals surface area (Å²) < 4.78 is 5.76. The molecule has 1 amide bonds. The summed E-state index contributed by atoms with van der Waals surface area (Å²) >= 11 is 5.78. The van der Waals surface area contributed by atoms with Crippen LogP contribution in [0.25, 0.3) is 0 Å². The van der Waals surface area contributed by atoms with E-state index in [0.29, 0.717) is 17.8 Å². The molecule has 21 heavy (non-hydrogen) atoms. The minimum absolute atomic E-state index is 0.0649. The van der Waals surface area contributed by atoms with E-state index >= 15 is 0 Å². The molecule has 0 saturated carbocycles. The van der Waals surface area contributed by atoms with Gasteiger partial charge >= 0.3 is 0 Å². The first-order chi connectivity index (χ1) is 10.1. The van der Waals surface area contributed by atoms with E-state index in [4.69, 9.17) is 22.1 Å². The zero-order valence-electron chi connectivity index (χ0n) is 11.2. The number of nitrogens with two attached hydrogens (primary N) is 1. The normalized spacial score (nSPS) is 16.1. The first-order valence-corrected chi connectivity index (χ1v) is 6.95. The van der Waals surface area contributed by atoms with Gasteiger partial charge in [0, 0.05) is 6.42 Å². The first-order valence-electron chi connectivity index (χ1n) is 6.57. The third-order valence-electron chi connectivity index (χ3n) is 3.35. The number of hydrogen-bond donors (Lipinski definition) is 2. The molecule has 0 fully saturated rings. The summed E-state index contributed by atoms with van der Waals surface area (Å²) in [5.74, 6) is 0.597. The maximum absolute atomic E-state index is 12.1. The maximum Gasteiger partial charge on any atom is 0.253 e. The topological polar surface area (TPSA) is 77.2 Å². The number of pyridine rings is 1. The van der Waals surface area contributed by atoms with Crippen molar-refractivity contribution in [2.24, 2.45) is 0 Å². The largest absolute Gasteiger partial charge is 0.488 e. The minimum Gasteiger partial charge on any atom is -0.488 e. The van der Waals surface area contributed by atoms with E-state index in [2.05, 4.69) is 10.3 Å². The summed E-state index contributed by atoms with van der Waals surface area (Å²) in [5, 5.41) is 3.05. The first kappa shape index (κ1) is 13.7. The molecule has 3 rings (SSSR count). The second-order valence-corrected chi connectivity index (χ2v) is 5.24. The third kappa shape index (κ3) is 2.92. The molecule has 108 valence electrons. The van der Waals surface area contributed by atoms with Crippen LogP contribution in [0.3, 0.4) is 0 Å². The molecule has 1 aliphatic rings. The molecule has 6 heteroatoms. The van der Waals surface area contributed by atoms with Gasteiger partial charge in [0.15, 0.2) is 0 Å². The molecule has 0 aliphatic carbocycles. The number of fused-ring (bicyclic) bond motifs is 1. The number of aromatic nitrogens is 1. The smallest absolute Gasteiger partial charge is 0.253 e. The highest BCUT2D eigenvalue weighted by Gasteiger charge is 2.23. The summed E-state index contributed by atoms with van der Waals surface area (Å²) in [7, 11) is 0. The number of nitrogens with zero attached hydrogens (tertiary/aromatic N) is 1. The summed E-state index contributed by atoms with van der Waals surface area (Å²) in [6, 6.07) is 9.31. The number of carbonyl (C=O) groups is 1. The van der Waals surface area contributed by atoms with Crippen LogP contribution in [0.2, 0.25) is 5.15 Å². The van der Waals surface area contributed by atoms with E-state index < -0.39 is 0 Å². The van der Waals surface area contributed by atoms with Crippen molar-refractivity contribution < 1.29 is 9.53 Å². The van der Waals surface area contributed by atoms with Crippen LogP contribution in [-0.2, 0) is 6.42 Å². The highest BCUT2D eigenvalue weighted by atomic mass is 35.5. The standard InChI is InChI=1S/C15H14ClN3O2/c16-14-6-11(12(17)8-18-14)15(20)19-7-10-5-9-3-1-2-4-13(9)21-10/h1-4,6,8,10H,5,7,17H2,(H,19,20). The van der Waals surface area contributed by atoms with Crippen molar-refractivity contribution in [3.63, 3.8) is 0 Å². The predicted molar refractivity (Wildman–Crippen MR) is 80.6 cm³/mol. The average Bonchev–Trinajstić information content (AvgIpc) is 2.90. The fourth-order valence-corrected chi connectivity index (χ4v) is 2.46. The molecule has 0 bridgehead atoms. The van der Waals surface area contributed by atoms with Gasteiger partial charge < -0.3 is 15.8 Å². The number of nitrogen functional groups attached to an aromatic ring is 1. The van der Waals surface area contributed by atoms with Gasteiger partial charge in [0.05, 0.1) is 24.0 Å². The van der Waals surface area contributed by atoms with E-state index in [1.54, 1.807) is 0 Å². The van der Waals surface area contributed by atoms with E-state index in [9.17, 15) is 4.79 Å². The lowest BCUT2D eigenvalue weighted by Gasteiger charge is -2.12. The van der Waals surface area contributed by atoms with Crippen LogP contribution in [0.4, 0.5) is 5.69 Å². The number of halogens is 1. The molecular weight excluding hydrogens is 290 g/mol. The number of rotatable bonds is 3. The van der Waals surface area contributed by atoms with Crippen molar-refractivity contribution >= 4 is 23.2 Å². The zero-order chi connectivity index (χ0) is 14.8. The van der Waals surface area contributed by atoms with Crippen molar-refractivity contribution in [1.82, 2.24) is 10.3 Å². The van der Waals surface area contributed by atoms with Gasteiger partial charge in [-0.05, 0) is 17.7 Å². The molecule has 0 spiro atoms. The number of para-hydroxylation sites is 1. The number of anilines is 1. The zero-order valence-corrected chi connectivity index (χ0v) is 11.9. The molecule has 0 saturated heterocycles. The van der Waals surface area contributed by atoms with E-state index in [0.717, 1.165) is 17.7 Å². The van der Waals surface area contributed by atoms with Gasteiger partial charge in [-0.15, -0.1) is 0 Å². The van der Waals surface area contributed by atoms with Crippen molar-refractivity contribution in [3.05, 3.63) is 52.8 Å². The summed E-state index contributed by atoms with van der Waals surface area (Å²) in [6.07, 6.45) is 2.09. The van der Waals surface area contributed by atoms with Crippen LogP contribution in [-0.4, -0.2) is 23.5 Å². The molecule has 5 nitrogen and oxygen atoms in total. The number of amides is 1. The van der Waals surface area contributed by atoms with E-state index in [-0.39, 0.29) is 17.2 Å². The Labute approximate surface area is 127 Å². The monoisotopic (exact) mass is 303 g/mol. The quantitative estimate of drug-likeness (QED) is 0.851. The Balaban J connectivity index is 1.61. The van der Waals surface area contributed by atoms with Crippen LogP contribution >= 0.6 is 11.6 Å². The molecule has 1 unspecified atom stereocenters. The van der Waals surface area contributed by atoms with E-state index in [1.165, 1.54) is 12.3 Å². The Hall–Kier alpha value is -2.27. The Bertz CT molecular complexity index is 665. The molecule has 1 aromatic carbocycles. The SMILES string of the molecule is Nc1cnc(Cl)cc1C(=O)NCC1Cc2ccccc2O1. The highest BCUT2D eigenvalue weighted by molar-refractivity contribution is 6.29. The Morgan fingerprint density at radius 3 is 3.10 bits per heavy atom. The van der Waals surface area contributed by atoms with Crippen molar-refractivity contribution in [1.29, 1.82) is 0 Å². The Morgan fingerprint density at radius 1 is 1.48 bits per heavy atom. The third-order valence-corrected chi connectivity index (χ3v) is 3.56. The number of hydrogen-bond acceptors (Lipinski definition) is 4. The predicted octanol–water partition coefficient (Wildman–Crippen LogP) is 2.05. The van der Waals surface area contributed by atoms with Gasteiger partial charge in [-0.2, -0.15) is 0 Å². The Morgan fingerprint density at radius 2 is 2.29 bits per heavy atom. The summed E-state index contributed by atoms with van der Waals surface area (Å²) in [6.45, 7) is 0.410. The van der Waals surface area contributed by atoms with Gasteiger partial charge in [-0.25, -0.2) is 4.98 Å². The number of carbonyl (C=O) groups excluding carboxylic acids is 1. The van der Waals surface area contributed by atoms with Crippen molar-refractivity contribution in [2.45, 2.75) is 12.5 Å². The fourth-order valence-electron chi connectivity index (χ4n) is 2.31. The number of ether oxygens (including phenoxy) is 1. The van der Waals surface area contributed by atoms with Gasteiger partial charge in [0.2, 0.25) is 0 Å². The second kappa shape index (κ2) is 5.61. The lowest BCUT2D eigenvalue weighted by molar-refractivity contribution is 0.0934. The Kier molecular flexibility index (Phi) is 3.66. The molecule has 2 heterocycles. The highest BCUT2D eigenvalue weighted by Crippen LogP contribution is 2.27. The lowest BCUT2D eigenvalue weighted by Crippen LogP contribution is -2.34. The summed E-state index contributed by atoms with van der Waals surface area (Å²) in [5.41, 5.74) is 7.51. The average molecular weight is 304 g/mol. The molecular formula is C15H14ClN3O2. The fraction of sp³-hybridized carbons (Fsp3) is 0.200. The molecule has 3 N–H and O–H groups in total. The van der Waals surface area contributed by atoms with Crippen LogP contribution in [0.15, 0.2) is 36.5 Å². The van der Waals surface area contributed by atoms with Crippen LogP contribution in [0.5, 0.6) is 5.75 Å². The molecule has 0 radical (unpaired) electrons. The van der Waals surface area contributed by atoms with Crippen LogP contribution < -0.4 is 15.8 Å². The summed E-state index contributed by atoms with van der Waals surface area (Å²) in [4.78, 5) is 15.9. The molecule has 1 aliphatic heterocycles. The van der Waals surface area contributed by atoms with E-state index in [1.807, 2.05) is 24.3 Å². The van der Waals surface area contributed by atoms with Crippen molar-refractivity contribution in [2.75, 3.05) is 12.3 Å². The van der Waals surface area contributed by atoms with Crippen molar-refractivity contribution in [3.8, 4) is 5.75 Å². The second-order valence-electron chi connectivity index (χ2n) is 4.86. The lowest BCUT2D eigenvalue weighted by atomic mass is 10.1. The van der Waals surface area contributed by atoms with Gasteiger partial charge in [0.1, 0.15) is 17.0 Å². The van der Waals surface area contributed by atoms with Gasteiger partial charge in [-0.1, -0.05) is 29.8 Å². The van der Waals surface area contributed by atoms with Gasteiger partial charge in [0.25, 0.3) is 5.91 Å². The number of nitrogens with one attached hydrogen (secondary N) is 1. The minimum atomic E-state index is -0.281.